The van der Waals surface area contributed by atoms with Gasteiger partial charge in [0.15, 0.2) is 0 Å². The minimum atomic E-state index is -0.146. The van der Waals surface area contributed by atoms with Crippen molar-refractivity contribution in [2.75, 3.05) is 0 Å². The van der Waals surface area contributed by atoms with Gasteiger partial charge < -0.3 is 5.32 Å². The molecule has 1 aromatic carbocycles. The first-order valence-corrected chi connectivity index (χ1v) is 4.66. The lowest BCUT2D eigenvalue weighted by atomic mass is 10.0. The van der Waals surface area contributed by atoms with Crippen molar-refractivity contribution in [3.8, 4) is 0 Å². The monoisotopic (exact) mass is 194 g/mol. The molecule has 1 aliphatic rings. The van der Waals surface area contributed by atoms with Gasteiger partial charge in [-0.15, -0.1) is 0 Å². The highest BCUT2D eigenvalue weighted by Crippen LogP contribution is 2.32. The van der Waals surface area contributed by atoms with Crippen molar-refractivity contribution >= 4 is 23.6 Å². The summed E-state index contributed by atoms with van der Waals surface area (Å²) in [5.74, 6) is 0. The number of rotatable bonds is 0. The molecule has 0 radical (unpaired) electrons. The van der Waals surface area contributed by atoms with Gasteiger partial charge in [0, 0.05) is 5.56 Å². The second-order valence-electron chi connectivity index (χ2n) is 3.28. The van der Waals surface area contributed by atoms with E-state index in [1.807, 2.05) is 0 Å². The molecule has 0 saturated carbocycles. The molecule has 0 fully saturated rings. The lowest BCUT2D eigenvalue weighted by Gasteiger charge is -2.18. The van der Waals surface area contributed by atoms with E-state index in [9.17, 15) is 0 Å². The molecule has 0 bridgehead atoms. The lowest BCUT2D eigenvalue weighted by Crippen LogP contribution is -2.18. The smallest absolute Gasteiger partial charge is 0.130 e. The summed E-state index contributed by atoms with van der Waals surface area (Å²) in [5, 5.41) is 2.96. The van der Waals surface area contributed by atoms with Crippen molar-refractivity contribution in [2.45, 2.75) is 19.3 Å². The molecule has 2 rings (SSSR count). The number of benzene rings is 1. The molecule has 0 saturated heterocycles. The maximum absolute atomic E-state index is 6.07. The van der Waals surface area contributed by atoms with Gasteiger partial charge >= 0.3 is 0 Å². The highest BCUT2D eigenvalue weighted by molar-refractivity contribution is 6.21. The number of aryl methyl sites for hydroxylation is 2. The fourth-order valence-corrected chi connectivity index (χ4v) is 1.63. The fourth-order valence-electron chi connectivity index (χ4n) is 1.40. The van der Waals surface area contributed by atoms with Crippen LogP contribution in [0.4, 0.5) is 5.69 Å². The maximum Gasteiger partial charge on any atom is 0.130 e. The van der Waals surface area contributed by atoms with Crippen LogP contribution in [0.3, 0.4) is 0 Å². The second-order valence-corrected chi connectivity index (χ2v) is 3.72. The molecule has 1 unspecified atom stereocenters. The Morgan fingerprint density at radius 1 is 1.31 bits per heavy atom. The van der Waals surface area contributed by atoms with Crippen LogP contribution in [0.25, 0.3) is 0 Å². The van der Waals surface area contributed by atoms with Crippen molar-refractivity contribution < 1.29 is 0 Å². The molecule has 0 spiro atoms. The molecule has 0 amide bonds. The number of hydrogen-bond acceptors (Lipinski definition) is 2. The van der Waals surface area contributed by atoms with E-state index >= 15 is 0 Å². The number of nitrogens with zero attached hydrogens (tertiary/aromatic N) is 1. The quantitative estimate of drug-likeness (QED) is 0.499. The Labute approximate surface area is 82.6 Å². The molecule has 2 nitrogen and oxygen atoms in total. The van der Waals surface area contributed by atoms with E-state index in [0.717, 1.165) is 11.3 Å². The van der Waals surface area contributed by atoms with E-state index in [-0.39, 0.29) is 5.50 Å². The molecule has 0 aromatic heterocycles. The van der Waals surface area contributed by atoms with Crippen LogP contribution in [-0.2, 0) is 0 Å². The van der Waals surface area contributed by atoms with Crippen LogP contribution in [0.5, 0.6) is 0 Å². The van der Waals surface area contributed by atoms with Crippen LogP contribution in [-0.4, -0.2) is 6.34 Å². The van der Waals surface area contributed by atoms with Crippen LogP contribution in [0, 0.1) is 13.8 Å². The molecule has 0 aliphatic carbocycles. The van der Waals surface area contributed by atoms with Gasteiger partial charge in [-0.25, -0.2) is 4.99 Å². The molecule has 1 atom stereocenters. The number of fused-ring (bicyclic) bond motifs is 1. The summed E-state index contributed by atoms with van der Waals surface area (Å²) in [6.45, 7) is 4.16. The van der Waals surface area contributed by atoms with Gasteiger partial charge in [0.25, 0.3) is 0 Å². The number of alkyl halides is 1. The van der Waals surface area contributed by atoms with Gasteiger partial charge in [-0.1, -0.05) is 17.7 Å². The number of nitrogens with one attached hydrogen (secondary N) is 1. The predicted molar refractivity (Wildman–Crippen MR) is 55.8 cm³/mol. The van der Waals surface area contributed by atoms with Gasteiger partial charge in [0.1, 0.15) is 5.50 Å². The molecular weight excluding hydrogens is 184 g/mol. The number of aliphatic imine (C=N–C) groups is 1. The Morgan fingerprint density at radius 2 is 2.00 bits per heavy atom. The van der Waals surface area contributed by atoms with Crippen LogP contribution in [0.2, 0.25) is 0 Å². The van der Waals surface area contributed by atoms with Gasteiger partial charge in [-0.3, -0.25) is 0 Å². The summed E-state index contributed by atoms with van der Waals surface area (Å²) in [6, 6.07) is 4.16. The molecule has 1 aromatic rings. The van der Waals surface area contributed by atoms with E-state index in [2.05, 4.69) is 36.3 Å². The molecule has 1 aliphatic heterocycles. The Kier molecular flexibility index (Phi) is 2.00. The summed E-state index contributed by atoms with van der Waals surface area (Å²) in [4.78, 5) is 4.22. The van der Waals surface area contributed by atoms with E-state index in [4.69, 9.17) is 11.6 Å². The average Bonchev–Trinajstić information content (AvgIpc) is 2.09. The van der Waals surface area contributed by atoms with Gasteiger partial charge in [0.2, 0.25) is 0 Å². The highest BCUT2D eigenvalue weighted by Gasteiger charge is 2.15. The molecule has 13 heavy (non-hydrogen) atoms. The molecule has 68 valence electrons. The lowest BCUT2D eigenvalue weighted by molar-refractivity contribution is 0.870. The third-order valence-electron chi connectivity index (χ3n) is 2.34. The van der Waals surface area contributed by atoms with E-state index in [1.165, 1.54) is 11.1 Å². The third kappa shape index (κ3) is 1.42. The zero-order valence-electron chi connectivity index (χ0n) is 7.63. The van der Waals surface area contributed by atoms with Crippen molar-refractivity contribution in [1.29, 1.82) is 0 Å². The van der Waals surface area contributed by atoms with Crippen LogP contribution >= 0.6 is 11.6 Å². The van der Waals surface area contributed by atoms with E-state index in [0.29, 0.717) is 0 Å². The third-order valence-corrected chi connectivity index (χ3v) is 2.70. The second kappa shape index (κ2) is 3.04. The Bertz CT molecular complexity index is 371. The normalized spacial score (nSPS) is 19.5. The summed E-state index contributed by atoms with van der Waals surface area (Å²) >= 11 is 6.07. The van der Waals surface area contributed by atoms with Crippen molar-refractivity contribution in [1.82, 2.24) is 5.32 Å². The minimum absolute atomic E-state index is 0.146. The number of halogens is 1. The van der Waals surface area contributed by atoms with Crippen molar-refractivity contribution in [2.24, 2.45) is 4.99 Å². The average molecular weight is 195 g/mol. The maximum atomic E-state index is 6.07. The van der Waals surface area contributed by atoms with Gasteiger partial charge in [-0.05, 0) is 31.0 Å². The zero-order chi connectivity index (χ0) is 9.42. The predicted octanol–water partition coefficient (Wildman–Crippen LogP) is 2.80. The Hall–Kier alpha value is -1.02. The van der Waals surface area contributed by atoms with E-state index in [1.54, 1.807) is 6.34 Å². The minimum Gasteiger partial charge on any atom is -0.356 e. The molecule has 1 heterocycles. The number of hydrogen-bond donors (Lipinski definition) is 1. The first kappa shape index (κ1) is 8.57. The Morgan fingerprint density at radius 3 is 2.77 bits per heavy atom. The van der Waals surface area contributed by atoms with E-state index < -0.39 is 0 Å². The summed E-state index contributed by atoms with van der Waals surface area (Å²) in [6.07, 6.45) is 1.65. The topological polar surface area (TPSA) is 24.4 Å². The molecular formula is C10H11ClN2. The summed E-state index contributed by atoms with van der Waals surface area (Å²) in [7, 11) is 0. The van der Waals surface area contributed by atoms with Crippen molar-refractivity contribution in [3.05, 3.63) is 28.8 Å². The summed E-state index contributed by atoms with van der Waals surface area (Å²) in [5.41, 5.74) is 4.39. The SMILES string of the molecule is Cc1cc2c(cc1C)C(Cl)NC=N2. The fraction of sp³-hybridized carbons (Fsp3) is 0.300. The van der Waals surface area contributed by atoms with Gasteiger partial charge in [-0.2, -0.15) is 0 Å². The van der Waals surface area contributed by atoms with Gasteiger partial charge in [0.05, 0.1) is 12.0 Å². The molecule has 1 N–H and O–H groups in total. The standard InChI is InChI=1S/C10H11ClN2/c1-6-3-8-9(4-7(6)2)12-5-13-10(8)11/h3-5,10H,1-2H3,(H,12,13). The van der Waals surface area contributed by atoms with Crippen LogP contribution in [0.1, 0.15) is 22.2 Å². The Balaban J connectivity index is 2.60. The first-order valence-electron chi connectivity index (χ1n) is 4.22. The highest BCUT2D eigenvalue weighted by atomic mass is 35.5. The largest absolute Gasteiger partial charge is 0.356 e. The zero-order valence-corrected chi connectivity index (χ0v) is 8.39. The van der Waals surface area contributed by atoms with Crippen molar-refractivity contribution in [3.63, 3.8) is 0 Å². The van der Waals surface area contributed by atoms with Crippen LogP contribution < -0.4 is 5.32 Å². The van der Waals surface area contributed by atoms with Crippen LogP contribution in [0.15, 0.2) is 17.1 Å². The summed E-state index contributed by atoms with van der Waals surface area (Å²) < 4.78 is 0. The first-order chi connectivity index (χ1) is 6.18. The molecule has 3 heteroatoms.